The fourth-order valence-corrected chi connectivity index (χ4v) is 3.61. The summed E-state index contributed by atoms with van der Waals surface area (Å²) in [5, 5.41) is 5.40. The van der Waals surface area contributed by atoms with Gasteiger partial charge in [-0.1, -0.05) is 17.7 Å². The molecule has 4 aromatic rings. The summed E-state index contributed by atoms with van der Waals surface area (Å²) in [7, 11) is 0. The molecule has 1 fully saturated rings. The average Bonchev–Trinajstić information content (AvgIpc) is 3.65. The van der Waals surface area contributed by atoms with Gasteiger partial charge in [-0.15, -0.1) is 0 Å². The molecule has 1 saturated carbocycles. The number of hydrogen-bond acceptors (Lipinski definition) is 6. The highest BCUT2D eigenvalue weighted by atomic mass is 19.1. The molecular formula is C25H20FN5O4. The Bertz CT molecular complexity index is 1510. The first kappa shape index (κ1) is 22.2. The lowest BCUT2D eigenvalue weighted by atomic mass is 10.0. The molecule has 2 heterocycles. The molecule has 176 valence electrons. The standard InChI is InChI=1S/C25H20FN5O4/c1-14-2-4-15(5-3-14)29-23(33)25(9-10-25)24(34)30-16-6-7-18(17(26)12-16)35-19-8-11-27-22-21(19)31-20(32)13-28-22/h2-8,11-13H,9-10H2,1H3,(H,29,33)(H,30,34)(H,31,32). The monoisotopic (exact) mass is 473 g/mol. The SMILES string of the molecule is Cc1ccc(NC(=O)C2(C(=O)Nc3ccc(Oc4ccnc5ncc(=O)[nH]c45)c(F)c3)CC2)cc1. The molecule has 2 aromatic heterocycles. The molecule has 35 heavy (non-hydrogen) atoms. The summed E-state index contributed by atoms with van der Waals surface area (Å²) in [5.74, 6) is -1.60. The Balaban J connectivity index is 1.30. The van der Waals surface area contributed by atoms with Gasteiger partial charge in [-0.05, 0) is 44.0 Å². The second-order valence-electron chi connectivity index (χ2n) is 8.36. The Hall–Kier alpha value is -4.60. The van der Waals surface area contributed by atoms with Crippen LogP contribution < -0.4 is 20.9 Å². The Morgan fingerprint density at radius 3 is 2.34 bits per heavy atom. The van der Waals surface area contributed by atoms with Gasteiger partial charge in [0.25, 0.3) is 5.56 Å². The number of nitrogens with zero attached hydrogens (tertiary/aromatic N) is 2. The lowest BCUT2D eigenvalue weighted by Crippen LogP contribution is -2.35. The zero-order valence-corrected chi connectivity index (χ0v) is 18.6. The number of carbonyl (C=O) groups excluding carboxylic acids is 2. The fourth-order valence-electron chi connectivity index (χ4n) is 3.61. The van der Waals surface area contributed by atoms with Crippen LogP contribution in [0.15, 0.2) is 65.7 Å². The number of benzene rings is 2. The van der Waals surface area contributed by atoms with Crippen molar-refractivity contribution in [2.75, 3.05) is 10.6 Å². The first-order valence-electron chi connectivity index (χ1n) is 10.9. The fraction of sp³-hybridized carbons (Fsp3) is 0.160. The van der Waals surface area contributed by atoms with Crippen molar-refractivity contribution in [1.29, 1.82) is 0 Å². The van der Waals surface area contributed by atoms with Gasteiger partial charge < -0.3 is 20.4 Å². The minimum absolute atomic E-state index is 0.126. The smallest absolute Gasteiger partial charge is 0.267 e. The second kappa shape index (κ2) is 8.64. The summed E-state index contributed by atoms with van der Waals surface area (Å²) in [6.07, 6.45) is 3.32. The molecule has 10 heteroatoms. The molecule has 1 aliphatic rings. The Morgan fingerprint density at radius 1 is 0.971 bits per heavy atom. The van der Waals surface area contributed by atoms with Crippen LogP contribution in [0.1, 0.15) is 18.4 Å². The van der Waals surface area contributed by atoms with Crippen molar-refractivity contribution in [1.82, 2.24) is 15.0 Å². The zero-order chi connectivity index (χ0) is 24.6. The third-order valence-corrected chi connectivity index (χ3v) is 5.78. The summed E-state index contributed by atoms with van der Waals surface area (Å²) in [6.45, 7) is 1.94. The van der Waals surface area contributed by atoms with Gasteiger partial charge in [0.15, 0.2) is 23.0 Å². The topological polar surface area (TPSA) is 126 Å². The molecule has 5 rings (SSSR count). The predicted molar refractivity (Wildman–Crippen MR) is 127 cm³/mol. The number of ether oxygens (including phenoxy) is 1. The number of aromatic nitrogens is 3. The van der Waals surface area contributed by atoms with E-state index >= 15 is 0 Å². The van der Waals surface area contributed by atoms with Crippen LogP contribution in [0.2, 0.25) is 0 Å². The molecule has 0 unspecified atom stereocenters. The maximum absolute atomic E-state index is 14.8. The van der Waals surface area contributed by atoms with Crippen molar-refractivity contribution in [2.45, 2.75) is 19.8 Å². The highest BCUT2D eigenvalue weighted by molar-refractivity contribution is 6.16. The first-order valence-corrected chi connectivity index (χ1v) is 10.9. The van der Waals surface area contributed by atoms with E-state index in [0.29, 0.717) is 18.5 Å². The van der Waals surface area contributed by atoms with Crippen LogP contribution in [0.25, 0.3) is 11.2 Å². The Kier molecular flexibility index (Phi) is 5.48. The van der Waals surface area contributed by atoms with E-state index in [0.717, 1.165) is 17.8 Å². The molecule has 0 radical (unpaired) electrons. The van der Waals surface area contributed by atoms with Crippen molar-refractivity contribution in [3.8, 4) is 11.5 Å². The molecule has 3 N–H and O–H groups in total. The molecule has 0 bridgehead atoms. The summed E-state index contributed by atoms with van der Waals surface area (Å²) >= 11 is 0. The average molecular weight is 473 g/mol. The number of nitrogens with one attached hydrogen (secondary N) is 3. The van der Waals surface area contributed by atoms with E-state index in [1.807, 2.05) is 19.1 Å². The summed E-state index contributed by atoms with van der Waals surface area (Å²) in [5.41, 5.74) is 0.673. The number of anilines is 2. The van der Waals surface area contributed by atoms with E-state index < -0.39 is 28.6 Å². The van der Waals surface area contributed by atoms with Crippen LogP contribution in [-0.4, -0.2) is 26.8 Å². The normalized spacial score (nSPS) is 13.8. The van der Waals surface area contributed by atoms with Crippen LogP contribution >= 0.6 is 0 Å². The number of carbonyl (C=O) groups is 2. The van der Waals surface area contributed by atoms with Gasteiger partial charge in [-0.25, -0.2) is 14.4 Å². The van der Waals surface area contributed by atoms with Crippen LogP contribution in [0.4, 0.5) is 15.8 Å². The summed E-state index contributed by atoms with van der Waals surface area (Å²) in [4.78, 5) is 47.8. The summed E-state index contributed by atoms with van der Waals surface area (Å²) < 4.78 is 20.4. The number of fused-ring (bicyclic) bond motifs is 1. The van der Waals surface area contributed by atoms with Gasteiger partial charge >= 0.3 is 0 Å². The number of H-pyrrole nitrogens is 1. The zero-order valence-electron chi connectivity index (χ0n) is 18.6. The van der Waals surface area contributed by atoms with Gasteiger partial charge in [0.2, 0.25) is 11.8 Å². The molecular weight excluding hydrogens is 453 g/mol. The highest BCUT2D eigenvalue weighted by Crippen LogP contribution is 2.47. The molecule has 2 amide bonds. The molecule has 1 aliphatic carbocycles. The van der Waals surface area contributed by atoms with Crippen molar-refractivity contribution >= 4 is 34.4 Å². The van der Waals surface area contributed by atoms with E-state index in [9.17, 15) is 18.8 Å². The maximum atomic E-state index is 14.8. The van der Waals surface area contributed by atoms with Crippen LogP contribution in [-0.2, 0) is 9.59 Å². The van der Waals surface area contributed by atoms with Crippen LogP contribution in [0.5, 0.6) is 11.5 Å². The van der Waals surface area contributed by atoms with Crippen molar-refractivity contribution in [3.05, 3.63) is 82.7 Å². The van der Waals surface area contributed by atoms with E-state index in [4.69, 9.17) is 4.74 Å². The van der Waals surface area contributed by atoms with Crippen molar-refractivity contribution in [2.24, 2.45) is 5.41 Å². The highest BCUT2D eigenvalue weighted by Gasteiger charge is 2.56. The lowest BCUT2D eigenvalue weighted by molar-refractivity contribution is -0.131. The van der Waals surface area contributed by atoms with E-state index in [1.54, 1.807) is 12.1 Å². The number of amides is 2. The van der Waals surface area contributed by atoms with E-state index in [-0.39, 0.29) is 28.4 Å². The van der Waals surface area contributed by atoms with Gasteiger partial charge in [0.05, 0.1) is 6.20 Å². The number of aryl methyl sites for hydroxylation is 1. The Labute approximate surface area is 198 Å². The summed E-state index contributed by atoms with van der Waals surface area (Å²) in [6, 6.07) is 12.7. The second-order valence-corrected chi connectivity index (χ2v) is 8.36. The van der Waals surface area contributed by atoms with Crippen LogP contribution in [0, 0.1) is 18.2 Å². The largest absolute Gasteiger partial charge is 0.452 e. The van der Waals surface area contributed by atoms with Crippen LogP contribution in [0.3, 0.4) is 0 Å². The molecule has 0 saturated heterocycles. The third kappa shape index (κ3) is 4.45. The minimum Gasteiger partial charge on any atom is -0.452 e. The molecule has 0 aliphatic heterocycles. The van der Waals surface area contributed by atoms with Gasteiger partial charge in [0.1, 0.15) is 10.9 Å². The van der Waals surface area contributed by atoms with Gasteiger partial charge in [-0.3, -0.25) is 14.4 Å². The number of hydrogen-bond donors (Lipinski definition) is 3. The maximum Gasteiger partial charge on any atom is 0.267 e. The molecule has 2 aromatic carbocycles. The number of aromatic amines is 1. The predicted octanol–water partition coefficient (Wildman–Crippen LogP) is 3.92. The lowest BCUT2D eigenvalue weighted by Gasteiger charge is -2.16. The first-order chi connectivity index (χ1) is 16.8. The van der Waals surface area contributed by atoms with Gasteiger partial charge in [0, 0.05) is 29.7 Å². The Morgan fingerprint density at radius 2 is 1.66 bits per heavy atom. The van der Waals surface area contributed by atoms with E-state index in [1.165, 1.54) is 24.4 Å². The number of pyridine rings is 1. The van der Waals surface area contributed by atoms with Gasteiger partial charge in [-0.2, -0.15) is 0 Å². The molecule has 9 nitrogen and oxygen atoms in total. The minimum atomic E-state index is -1.19. The third-order valence-electron chi connectivity index (χ3n) is 5.78. The van der Waals surface area contributed by atoms with E-state index in [2.05, 4.69) is 25.6 Å². The number of rotatable bonds is 6. The van der Waals surface area contributed by atoms with Crippen molar-refractivity contribution < 1.29 is 18.7 Å². The number of halogens is 1. The van der Waals surface area contributed by atoms with Crippen molar-refractivity contribution in [3.63, 3.8) is 0 Å². The molecule has 0 spiro atoms. The molecule has 0 atom stereocenters. The quantitative estimate of drug-likeness (QED) is 0.365.